The molecule has 2 aromatic carbocycles. The Morgan fingerprint density at radius 1 is 1.00 bits per heavy atom. The second-order valence-electron chi connectivity index (χ2n) is 5.48. The summed E-state index contributed by atoms with van der Waals surface area (Å²) in [5.74, 6) is 2.19. The third kappa shape index (κ3) is 2.96. The maximum atomic E-state index is 4.74. The number of aromatic amines is 1. The minimum absolute atomic E-state index is 0.696. The molecule has 0 aliphatic rings. The fraction of sp³-hybridized carbons (Fsp3) is 0.0556. The van der Waals surface area contributed by atoms with Gasteiger partial charge in [0.1, 0.15) is 5.82 Å². The van der Waals surface area contributed by atoms with E-state index in [-0.39, 0.29) is 0 Å². The van der Waals surface area contributed by atoms with E-state index in [2.05, 4.69) is 50.2 Å². The van der Waals surface area contributed by atoms with Crippen LogP contribution in [0.1, 0.15) is 5.69 Å². The fourth-order valence-electron chi connectivity index (χ4n) is 2.53. The number of anilines is 2. The molecule has 0 aliphatic carbocycles. The smallest absolute Gasteiger partial charge is 0.162 e. The van der Waals surface area contributed by atoms with Crippen molar-refractivity contribution in [2.45, 2.75) is 6.92 Å². The fourth-order valence-corrected chi connectivity index (χ4v) is 3.08. The minimum atomic E-state index is 0.696. The van der Waals surface area contributed by atoms with Crippen molar-refractivity contribution in [2.24, 2.45) is 0 Å². The molecule has 6 heteroatoms. The normalized spacial score (nSPS) is 10.9. The lowest BCUT2D eigenvalue weighted by molar-refractivity contribution is 1.05. The SMILES string of the molecule is Cc1cc(Nc2nc(-c3cccc(I)c3)nc3ccccc23)n[nH]1. The van der Waals surface area contributed by atoms with E-state index in [1.165, 1.54) is 0 Å². The summed E-state index contributed by atoms with van der Waals surface area (Å²) in [5, 5.41) is 11.4. The molecule has 2 N–H and O–H groups in total. The zero-order valence-corrected chi connectivity index (χ0v) is 15.1. The zero-order valence-electron chi connectivity index (χ0n) is 12.9. The van der Waals surface area contributed by atoms with Crippen molar-refractivity contribution in [3.8, 4) is 11.4 Å². The number of hydrogen-bond donors (Lipinski definition) is 2. The van der Waals surface area contributed by atoms with E-state index in [0.29, 0.717) is 5.82 Å². The molecule has 0 unspecified atom stereocenters. The minimum Gasteiger partial charge on any atom is -0.323 e. The van der Waals surface area contributed by atoms with Crippen molar-refractivity contribution in [1.82, 2.24) is 20.2 Å². The van der Waals surface area contributed by atoms with Crippen LogP contribution in [0, 0.1) is 10.5 Å². The first-order chi connectivity index (χ1) is 11.7. The Kier molecular flexibility index (Phi) is 3.89. The van der Waals surface area contributed by atoms with Crippen LogP contribution in [-0.4, -0.2) is 20.2 Å². The van der Waals surface area contributed by atoms with Gasteiger partial charge in [-0.2, -0.15) is 5.10 Å². The quantitative estimate of drug-likeness (QED) is 0.466. The number of nitrogens with zero attached hydrogens (tertiary/aromatic N) is 3. The second kappa shape index (κ2) is 6.20. The van der Waals surface area contributed by atoms with Crippen LogP contribution in [0.4, 0.5) is 11.6 Å². The van der Waals surface area contributed by atoms with Gasteiger partial charge in [-0.25, -0.2) is 9.97 Å². The summed E-state index contributed by atoms with van der Waals surface area (Å²) < 4.78 is 1.15. The van der Waals surface area contributed by atoms with E-state index < -0.39 is 0 Å². The number of nitrogens with one attached hydrogen (secondary N) is 2. The third-order valence-electron chi connectivity index (χ3n) is 3.64. The van der Waals surface area contributed by atoms with Crippen molar-refractivity contribution in [3.05, 3.63) is 63.9 Å². The molecule has 24 heavy (non-hydrogen) atoms. The molecule has 0 spiro atoms. The maximum absolute atomic E-state index is 4.74. The molecule has 0 aliphatic heterocycles. The highest BCUT2D eigenvalue weighted by Crippen LogP contribution is 2.27. The van der Waals surface area contributed by atoms with E-state index in [4.69, 9.17) is 9.97 Å². The topological polar surface area (TPSA) is 66.5 Å². The van der Waals surface area contributed by atoms with Crippen LogP contribution in [-0.2, 0) is 0 Å². The Balaban J connectivity index is 1.87. The lowest BCUT2D eigenvalue weighted by Gasteiger charge is -2.09. The van der Waals surface area contributed by atoms with Crippen LogP contribution in [0.15, 0.2) is 54.6 Å². The standard InChI is InChI=1S/C18H14IN5/c1-11-9-16(24-23-11)21-18-14-7-2-3-8-15(14)20-17(22-18)12-5-4-6-13(19)10-12/h2-10H,1H3,(H2,20,21,22,23,24). The molecule has 4 aromatic rings. The Labute approximate surface area is 152 Å². The molecular weight excluding hydrogens is 413 g/mol. The molecular formula is C18H14IN5. The maximum Gasteiger partial charge on any atom is 0.162 e. The summed E-state index contributed by atoms with van der Waals surface area (Å²) in [7, 11) is 0. The van der Waals surface area contributed by atoms with Crippen LogP contribution < -0.4 is 5.32 Å². The number of aryl methyl sites for hydroxylation is 1. The molecule has 4 rings (SSSR count). The highest BCUT2D eigenvalue weighted by molar-refractivity contribution is 14.1. The van der Waals surface area contributed by atoms with Gasteiger partial charge < -0.3 is 5.32 Å². The first-order valence-corrected chi connectivity index (χ1v) is 8.59. The highest BCUT2D eigenvalue weighted by Gasteiger charge is 2.10. The lowest BCUT2D eigenvalue weighted by Crippen LogP contribution is -1.99. The van der Waals surface area contributed by atoms with E-state index in [0.717, 1.165) is 37.4 Å². The summed E-state index contributed by atoms with van der Waals surface area (Å²) >= 11 is 2.30. The molecule has 0 bridgehead atoms. The van der Waals surface area contributed by atoms with Gasteiger partial charge in [-0.05, 0) is 53.8 Å². The van der Waals surface area contributed by atoms with Gasteiger partial charge >= 0.3 is 0 Å². The molecule has 118 valence electrons. The summed E-state index contributed by atoms with van der Waals surface area (Å²) in [6.45, 7) is 1.97. The first kappa shape index (κ1) is 15.1. The van der Waals surface area contributed by atoms with Crippen LogP contribution in [0.5, 0.6) is 0 Å². The number of H-pyrrole nitrogens is 1. The summed E-state index contributed by atoms with van der Waals surface area (Å²) in [6, 6.07) is 18.1. The Morgan fingerprint density at radius 2 is 1.88 bits per heavy atom. The zero-order chi connectivity index (χ0) is 16.5. The predicted molar refractivity (Wildman–Crippen MR) is 104 cm³/mol. The van der Waals surface area contributed by atoms with Gasteiger partial charge in [0.25, 0.3) is 0 Å². The van der Waals surface area contributed by atoms with E-state index in [1.807, 2.05) is 49.4 Å². The largest absolute Gasteiger partial charge is 0.323 e. The van der Waals surface area contributed by atoms with Crippen molar-refractivity contribution >= 4 is 45.1 Å². The van der Waals surface area contributed by atoms with E-state index >= 15 is 0 Å². The van der Waals surface area contributed by atoms with Crippen molar-refractivity contribution < 1.29 is 0 Å². The average Bonchev–Trinajstić information content (AvgIpc) is 3.00. The molecule has 0 saturated heterocycles. The van der Waals surface area contributed by atoms with Crippen LogP contribution in [0.2, 0.25) is 0 Å². The summed E-state index contributed by atoms with van der Waals surface area (Å²) in [6.07, 6.45) is 0. The van der Waals surface area contributed by atoms with Gasteiger partial charge in [0.05, 0.1) is 5.52 Å². The number of benzene rings is 2. The Hall–Kier alpha value is -2.48. The highest BCUT2D eigenvalue weighted by atomic mass is 127. The summed E-state index contributed by atoms with van der Waals surface area (Å²) in [4.78, 5) is 9.45. The van der Waals surface area contributed by atoms with Crippen molar-refractivity contribution in [1.29, 1.82) is 0 Å². The molecule has 0 saturated carbocycles. The second-order valence-corrected chi connectivity index (χ2v) is 6.73. The number of fused-ring (bicyclic) bond motifs is 1. The average molecular weight is 427 g/mol. The van der Waals surface area contributed by atoms with Gasteiger partial charge in [0.15, 0.2) is 11.6 Å². The van der Waals surface area contributed by atoms with Gasteiger partial charge in [-0.15, -0.1) is 0 Å². The molecule has 2 heterocycles. The van der Waals surface area contributed by atoms with Crippen LogP contribution in [0.25, 0.3) is 22.3 Å². The Bertz CT molecular complexity index is 1020. The first-order valence-electron chi connectivity index (χ1n) is 7.51. The monoisotopic (exact) mass is 427 g/mol. The number of hydrogen-bond acceptors (Lipinski definition) is 4. The molecule has 0 atom stereocenters. The Morgan fingerprint density at radius 3 is 2.67 bits per heavy atom. The molecule has 5 nitrogen and oxygen atoms in total. The van der Waals surface area contributed by atoms with Crippen LogP contribution >= 0.6 is 22.6 Å². The molecule has 2 aromatic heterocycles. The number of rotatable bonds is 3. The van der Waals surface area contributed by atoms with Crippen molar-refractivity contribution in [3.63, 3.8) is 0 Å². The van der Waals surface area contributed by atoms with Crippen molar-refractivity contribution in [2.75, 3.05) is 5.32 Å². The van der Waals surface area contributed by atoms with Gasteiger partial charge in [0.2, 0.25) is 0 Å². The predicted octanol–water partition coefficient (Wildman–Crippen LogP) is 4.68. The number of aromatic nitrogens is 4. The number of halogens is 1. The lowest BCUT2D eigenvalue weighted by atomic mass is 10.2. The van der Waals surface area contributed by atoms with E-state index in [9.17, 15) is 0 Å². The van der Waals surface area contributed by atoms with Gasteiger partial charge in [0, 0.05) is 26.3 Å². The van der Waals surface area contributed by atoms with Gasteiger partial charge in [-0.3, -0.25) is 5.10 Å². The third-order valence-corrected chi connectivity index (χ3v) is 4.31. The summed E-state index contributed by atoms with van der Waals surface area (Å²) in [5.41, 5.74) is 2.89. The number of para-hydroxylation sites is 1. The molecule has 0 amide bonds. The molecule has 0 fully saturated rings. The van der Waals surface area contributed by atoms with Crippen LogP contribution in [0.3, 0.4) is 0 Å². The van der Waals surface area contributed by atoms with E-state index in [1.54, 1.807) is 0 Å². The van der Waals surface area contributed by atoms with Gasteiger partial charge in [-0.1, -0.05) is 24.3 Å². The molecule has 0 radical (unpaired) electrons.